The lowest BCUT2D eigenvalue weighted by Crippen LogP contribution is -2.37. The van der Waals surface area contributed by atoms with Crippen LogP contribution in [0.1, 0.15) is 185 Å². The summed E-state index contributed by atoms with van der Waals surface area (Å²) in [5.74, 6) is 1.07. The third-order valence-electron chi connectivity index (χ3n) is 11.3. The van der Waals surface area contributed by atoms with Crippen molar-refractivity contribution in [3.8, 4) is 0 Å². The average Bonchev–Trinajstić information content (AvgIpc) is 3.02. The number of hydrogen-bond acceptors (Lipinski definition) is 4. The van der Waals surface area contributed by atoms with Crippen LogP contribution in [0.2, 0.25) is 0 Å². The average molecular weight is 671 g/mol. The van der Waals surface area contributed by atoms with Crippen molar-refractivity contribution in [2.24, 2.45) is 22.7 Å². The second-order valence-corrected chi connectivity index (χ2v) is 16.1. The quantitative estimate of drug-likeness (QED) is 0.0708. The lowest BCUT2D eigenvalue weighted by molar-refractivity contribution is -0.120. The molecule has 6 nitrogen and oxygen atoms in total. The van der Waals surface area contributed by atoms with Crippen LogP contribution in [0.15, 0.2) is 23.3 Å². The Morgan fingerprint density at radius 1 is 0.562 bits per heavy atom. The molecule has 6 heteroatoms. The SMILES string of the molecule is CCC(C)(CCCCCCCCC(NC(C)=O)C(C)C)C1=CC(=O)C(C(C)(CC)CCCCCCCCC(NC(C)=O)C(C)C)=CC1=O. The molecule has 4 atom stereocenters. The molecular formula is C42H74N2O4. The molecule has 1 aliphatic rings. The molecule has 1 rings (SSSR count). The highest BCUT2D eigenvalue weighted by Crippen LogP contribution is 2.43. The molecule has 4 unspecified atom stereocenters. The number of rotatable bonds is 26. The summed E-state index contributed by atoms with van der Waals surface area (Å²) in [7, 11) is 0. The maximum atomic E-state index is 13.6. The fourth-order valence-corrected chi connectivity index (χ4v) is 7.35. The van der Waals surface area contributed by atoms with E-state index in [4.69, 9.17) is 0 Å². The van der Waals surface area contributed by atoms with Crippen molar-refractivity contribution in [2.75, 3.05) is 0 Å². The number of ketones is 2. The zero-order chi connectivity index (χ0) is 36.3. The van der Waals surface area contributed by atoms with Crippen molar-refractivity contribution in [3.05, 3.63) is 23.3 Å². The maximum Gasteiger partial charge on any atom is 0.217 e. The Bertz CT molecular complexity index is 990. The van der Waals surface area contributed by atoms with Gasteiger partial charge < -0.3 is 10.6 Å². The summed E-state index contributed by atoms with van der Waals surface area (Å²) in [6.07, 6.45) is 22.7. The highest BCUT2D eigenvalue weighted by Gasteiger charge is 2.38. The van der Waals surface area contributed by atoms with Gasteiger partial charge in [0.15, 0.2) is 11.6 Å². The van der Waals surface area contributed by atoms with E-state index >= 15 is 0 Å². The minimum Gasteiger partial charge on any atom is -0.353 e. The van der Waals surface area contributed by atoms with Gasteiger partial charge in [0.2, 0.25) is 11.8 Å². The van der Waals surface area contributed by atoms with Gasteiger partial charge in [-0.3, -0.25) is 19.2 Å². The largest absolute Gasteiger partial charge is 0.353 e. The van der Waals surface area contributed by atoms with Crippen LogP contribution < -0.4 is 10.6 Å². The summed E-state index contributed by atoms with van der Waals surface area (Å²) in [6, 6.07) is 0.517. The zero-order valence-electron chi connectivity index (χ0n) is 32.8. The van der Waals surface area contributed by atoms with Crippen LogP contribution in [0.5, 0.6) is 0 Å². The standard InChI is InChI=1S/C42H74N2O4/c1-11-41(9,27-23-19-15-13-17-21-25-37(31(3)4)43-33(7)45)35-29-40(48)36(30-39(35)47)42(10,12-2)28-24-20-16-14-18-22-26-38(32(5)6)44-34(8)46/h29-32,37-38H,11-28H2,1-10H3,(H,43,45)(H,44,46). The first-order valence-electron chi connectivity index (χ1n) is 19.7. The Labute approximate surface area is 295 Å². The predicted molar refractivity (Wildman–Crippen MR) is 202 cm³/mol. The van der Waals surface area contributed by atoms with Crippen molar-refractivity contribution in [3.63, 3.8) is 0 Å². The van der Waals surface area contributed by atoms with Crippen molar-refractivity contribution in [2.45, 2.75) is 197 Å². The van der Waals surface area contributed by atoms with E-state index in [9.17, 15) is 19.2 Å². The first-order valence-corrected chi connectivity index (χ1v) is 19.7. The highest BCUT2D eigenvalue weighted by atomic mass is 16.2. The van der Waals surface area contributed by atoms with Crippen LogP contribution in [0.3, 0.4) is 0 Å². The third-order valence-corrected chi connectivity index (χ3v) is 11.3. The third kappa shape index (κ3) is 15.5. The summed E-state index contributed by atoms with van der Waals surface area (Å²) in [4.78, 5) is 50.1. The van der Waals surface area contributed by atoms with Gasteiger partial charge in [-0.1, -0.05) is 132 Å². The van der Waals surface area contributed by atoms with Crippen LogP contribution in [-0.2, 0) is 19.2 Å². The number of amides is 2. The molecule has 0 aliphatic heterocycles. The molecule has 2 N–H and O–H groups in total. The van der Waals surface area contributed by atoms with E-state index in [1.54, 1.807) is 26.0 Å². The molecule has 0 radical (unpaired) electrons. The summed E-state index contributed by atoms with van der Waals surface area (Å²) in [5.41, 5.74) is 0.843. The van der Waals surface area contributed by atoms with Gasteiger partial charge in [0.1, 0.15) is 0 Å². The number of allylic oxidation sites excluding steroid dienone is 4. The van der Waals surface area contributed by atoms with Crippen LogP contribution in [-0.4, -0.2) is 35.5 Å². The number of carbonyl (C=O) groups excluding carboxylic acids is 4. The van der Waals surface area contributed by atoms with E-state index in [1.807, 2.05) is 0 Å². The highest BCUT2D eigenvalue weighted by molar-refractivity contribution is 6.21. The van der Waals surface area contributed by atoms with E-state index in [0.29, 0.717) is 23.0 Å². The Hall–Kier alpha value is -2.24. The van der Waals surface area contributed by atoms with Gasteiger partial charge in [-0.05, 0) is 73.3 Å². The molecule has 0 aromatic rings. The molecule has 0 heterocycles. The summed E-state index contributed by atoms with van der Waals surface area (Å²) >= 11 is 0. The summed E-state index contributed by atoms with van der Waals surface area (Å²) in [5, 5.41) is 6.17. The topological polar surface area (TPSA) is 92.3 Å². The molecule has 0 bridgehead atoms. The molecule has 2 amide bonds. The maximum absolute atomic E-state index is 13.6. The lowest BCUT2D eigenvalue weighted by Gasteiger charge is -2.35. The fourth-order valence-electron chi connectivity index (χ4n) is 7.35. The second kappa shape index (κ2) is 22.5. The molecule has 0 aromatic carbocycles. The minimum atomic E-state index is -0.280. The molecule has 0 aromatic heterocycles. The molecule has 0 fully saturated rings. The molecule has 0 saturated heterocycles. The molecule has 0 spiro atoms. The van der Waals surface area contributed by atoms with Crippen molar-refractivity contribution in [1.82, 2.24) is 10.6 Å². The molecule has 1 aliphatic carbocycles. The number of nitrogens with one attached hydrogen (secondary N) is 2. The Morgan fingerprint density at radius 3 is 1.12 bits per heavy atom. The van der Waals surface area contributed by atoms with Gasteiger partial charge in [0, 0.05) is 37.1 Å². The van der Waals surface area contributed by atoms with Gasteiger partial charge in [0.25, 0.3) is 0 Å². The smallest absolute Gasteiger partial charge is 0.217 e. The predicted octanol–water partition coefficient (Wildman–Crippen LogP) is 10.4. The van der Waals surface area contributed by atoms with Crippen LogP contribution >= 0.6 is 0 Å². The van der Waals surface area contributed by atoms with Crippen molar-refractivity contribution >= 4 is 23.4 Å². The van der Waals surface area contributed by atoms with E-state index < -0.39 is 0 Å². The molecule has 276 valence electrons. The number of carbonyl (C=O) groups is 4. The van der Waals surface area contributed by atoms with Crippen LogP contribution in [0.4, 0.5) is 0 Å². The molecular weight excluding hydrogens is 596 g/mol. The van der Waals surface area contributed by atoms with Crippen LogP contribution in [0, 0.1) is 22.7 Å². The van der Waals surface area contributed by atoms with Crippen molar-refractivity contribution in [1.29, 1.82) is 0 Å². The second-order valence-electron chi connectivity index (χ2n) is 16.1. The van der Waals surface area contributed by atoms with Gasteiger partial charge in [-0.15, -0.1) is 0 Å². The first kappa shape index (κ1) is 43.8. The monoisotopic (exact) mass is 671 g/mol. The van der Waals surface area contributed by atoms with Crippen molar-refractivity contribution < 1.29 is 19.2 Å². The minimum absolute atomic E-state index is 0.0338. The van der Waals surface area contributed by atoms with E-state index in [0.717, 1.165) is 77.0 Å². The first-order chi connectivity index (χ1) is 22.6. The summed E-state index contributed by atoms with van der Waals surface area (Å²) < 4.78 is 0. The Morgan fingerprint density at radius 2 is 0.854 bits per heavy atom. The Balaban J connectivity index is 2.54. The zero-order valence-corrected chi connectivity index (χ0v) is 32.8. The van der Waals surface area contributed by atoms with E-state index in [-0.39, 0.29) is 46.3 Å². The normalized spacial score (nSPS) is 17.4. The van der Waals surface area contributed by atoms with Gasteiger partial charge in [-0.2, -0.15) is 0 Å². The van der Waals surface area contributed by atoms with Gasteiger partial charge in [0.05, 0.1) is 0 Å². The van der Waals surface area contributed by atoms with E-state index in [1.165, 1.54) is 38.5 Å². The molecule has 0 saturated carbocycles. The van der Waals surface area contributed by atoms with Gasteiger partial charge >= 0.3 is 0 Å². The molecule has 48 heavy (non-hydrogen) atoms. The lowest BCUT2D eigenvalue weighted by atomic mass is 9.67. The van der Waals surface area contributed by atoms with E-state index in [2.05, 4.69) is 66.0 Å². The number of hydrogen-bond donors (Lipinski definition) is 2. The number of unbranched alkanes of at least 4 members (excludes halogenated alkanes) is 10. The summed E-state index contributed by atoms with van der Waals surface area (Å²) in [6.45, 7) is 20.5. The van der Waals surface area contributed by atoms with Crippen LogP contribution in [0.25, 0.3) is 0 Å². The van der Waals surface area contributed by atoms with Gasteiger partial charge in [-0.25, -0.2) is 0 Å². The fraction of sp³-hybridized carbons (Fsp3) is 0.810. The Kier molecular flexibility index (Phi) is 20.5.